The molecule has 18 nitrogen and oxygen atoms in total. The van der Waals surface area contributed by atoms with E-state index in [2.05, 4.69) is 43.2 Å². The Morgan fingerprint density at radius 1 is 0.641 bits per heavy atom. The number of hydrogen-bond acceptors (Lipinski definition) is 14. The smallest absolute Gasteiger partial charge is 0.264 e. The fourth-order valence-electron chi connectivity index (χ4n) is 8.02. The zero-order valence-corrected chi connectivity index (χ0v) is 37.1. The van der Waals surface area contributed by atoms with Crippen LogP contribution in [-0.4, -0.2) is 83.8 Å². The van der Waals surface area contributed by atoms with Crippen molar-refractivity contribution in [3.63, 3.8) is 0 Å². The molecule has 2 aromatic carbocycles. The minimum atomic E-state index is -3.79. The molecule has 22 heteroatoms. The highest BCUT2D eigenvalue weighted by Gasteiger charge is 2.52. The van der Waals surface area contributed by atoms with Gasteiger partial charge in [0.25, 0.3) is 11.1 Å². The summed E-state index contributed by atoms with van der Waals surface area (Å²) in [7, 11) is -7.57. The number of H-pyrrole nitrogens is 2. The summed E-state index contributed by atoms with van der Waals surface area (Å²) in [5.74, 6) is -2.57. The van der Waals surface area contributed by atoms with Crippen LogP contribution in [0.1, 0.15) is 51.4 Å². The Balaban J connectivity index is 0.000000191. The Kier molecular flexibility index (Phi) is 13.5. The molecular weight excluding hydrogens is 912 g/mol. The summed E-state index contributed by atoms with van der Waals surface area (Å²) in [6, 6.07) is 22.0. The molecule has 336 valence electrons. The second kappa shape index (κ2) is 18.7. The van der Waals surface area contributed by atoms with Crippen molar-refractivity contribution >= 4 is 54.7 Å². The summed E-state index contributed by atoms with van der Waals surface area (Å²) < 4.78 is 64.4. The number of nitrogens with zero attached hydrogens (tertiary/aromatic N) is 4. The molecule has 0 unspecified atom stereocenters. The lowest BCUT2D eigenvalue weighted by molar-refractivity contribution is -0.127. The zero-order chi connectivity index (χ0) is 45.9. The van der Waals surface area contributed by atoms with Gasteiger partial charge in [-0.25, -0.2) is 27.0 Å². The van der Waals surface area contributed by atoms with Crippen molar-refractivity contribution in [3.8, 4) is 23.9 Å². The van der Waals surface area contributed by atoms with Gasteiger partial charge in [0.1, 0.15) is 11.1 Å². The van der Waals surface area contributed by atoms with Crippen LogP contribution >= 0.6 is 23.2 Å². The Bertz CT molecular complexity index is 2620. The van der Waals surface area contributed by atoms with Crippen molar-refractivity contribution in [3.05, 3.63) is 104 Å². The molecular formula is C42H42Cl2N8O10S2. The Morgan fingerprint density at radius 3 is 1.33 bits per heavy atom. The van der Waals surface area contributed by atoms with Gasteiger partial charge in [-0.3, -0.25) is 19.2 Å². The molecule has 2 aromatic heterocycles. The van der Waals surface area contributed by atoms with E-state index in [1.54, 1.807) is 24.3 Å². The average Bonchev–Trinajstić information content (AvgIpc) is 4.13. The monoisotopic (exact) mass is 952 g/mol. The summed E-state index contributed by atoms with van der Waals surface area (Å²) >= 11 is 12.3. The highest BCUT2D eigenvalue weighted by atomic mass is 35.5. The maximum Gasteiger partial charge on any atom is 0.264 e. The fraction of sp³-hybridized carbons (Fsp3) is 0.429. The largest absolute Gasteiger partial charge is 0.476 e. The molecule has 4 N–H and O–H groups in total. The van der Waals surface area contributed by atoms with Crippen LogP contribution in [0.2, 0.25) is 10.0 Å². The van der Waals surface area contributed by atoms with E-state index < -0.39 is 64.9 Å². The highest BCUT2D eigenvalue weighted by molar-refractivity contribution is 7.92. The number of rotatable bonds is 14. The number of halogens is 2. The van der Waals surface area contributed by atoms with Gasteiger partial charge >= 0.3 is 0 Å². The maximum atomic E-state index is 13.3. The number of aromatic nitrogens is 4. The Morgan fingerprint density at radius 2 is 1.02 bits per heavy atom. The van der Waals surface area contributed by atoms with Crippen molar-refractivity contribution in [2.45, 2.75) is 82.7 Å². The van der Waals surface area contributed by atoms with Crippen molar-refractivity contribution < 1.29 is 35.9 Å². The fourth-order valence-corrected chi connectivity index (χ4v) is 12.8. The van der Waals surface area contributed by atoms with E-state index in [0.717, 1.165) is 0 Å². The molecule has 2 heterocycles. The normalized spacial score (nSPS) is 23.8. The van der Waals surface area contributed by atoms with E-state index in [-0.39, 0.29) is 93.4 Å². The van der Waals surface area contributed by atoms with E-state index >= 15 is 0 Å². The summed E-state index contributed by atoms with van der Waals surface area (Å²) in [6.07, 6.45) is 2.86. The molecule has 0 radical (unpaired) electrons. The van der Waals surface area contributed by atoms with Crippen molar-refractivity contribution in [1.82, 2.24) is 31.0 Å². The number of aromatic amines is 2. The van der Waals surface area contributed by atoms with Crippen LogP contribution in [0.3, 0.4) is 0 Å². The van der Waals surface area contributed by atoms with Crippen molar-refractivity contribution in [2.24, 2.45) is 23.7 Å². The molecule has 4 aliphatic carbocycles. The first-order valence-electron chi connectivity index (χ1n) is 20.3. The average molecular weight is 954 g/mol. The molecule has 2 amide bonds. The lowest BCUT2D eigenvalue weighted by Gasteiger charge is -2.20. The molecule has 4 aromatic rings. The van der Waals surface area contributed by atoms with Gasteiger partial charge in [0.05, 0.1) is 55.7 Å². The zero-order valence-electron chi connectivity index (χ0n) is 33.9. The third-order valence-corrected chi connectivity index (χ3v) is 17.3. The molecule has 4 aliphatic rings. The predicted molar refractivity (Wildman–Crippen MR) is 229 cm³/mol. The second-order valence-electron chi connectivity index (χ2n) is 16.4. The van der Waals surface area contributed by atoms with Gasteiger partial charge in [0, 0.05) is 47.9 Å². The number of nitriles is 2. The van der Waals surface area contributed by atoms with Gasteiger partial charge in [-0.05, 0) is 75.6 Å². The molecule has 0 aliphatic heterocycles. The minimum absolute atomic E-state index is 0.0328. The summed E-state index contributed by atoms with van der Waals surface area (Å²) in [5.41, 5.74) is -2.48. The first-order valence-corrected chi connectivity index (χ1v) is 24.1. The highest BCUT2D eigenvalue weighted by Crippen LogP contribution is 2.44. The van der Waals surface area contributed by atoms with Gasteiger partial charge in [0.2, 0.25) is 23.6 Å². The molecule has 4 fully saturated rings. The molecule has 8 rings (SSSR count). The van der Waals surface area contributed by atoms with E-state index in [1.807, 2.05) is 0 Å². The van der Waals surface area contributed by atoms with Gasteiger partial charge in [-0.15, -0.1) is 10.2 Å². The predicted octanol–water partition coefficient (Wildman–Crippen LogP) is 3.69. The summed E-state index contributed by atoms with van der Waals surface area (Å²) in [4.78, 5) is 48.4. The van der Waals surface area contributed by atoms with Crippen LogP contribution < -0.4 is 31.2 Å². The number of carbonyl (C=O) groups is 2. The number of nitrogens with one attached hydrogen (secondary N) is 4. The van der Waals surface area contributed by atoms with Crippen molar-refractivity contribution in [2.75, 3.05) is 13.2 Å². The van der Waals surface area contributed by atoms with Crippen LogP contribution in [0.15, 0.2) is 92.2 Å². The standard InChI is InChI=1S/2C21H21ClN4O5S/c2*22-16-3-1-2-4-17(16)32(29,30)14-9-13(11-31-19-6-5-18(27)25-26-19)15(10-14)20(28)24-21(12-23)7-8-21/h2*1-6,13-15H,7-11H2,(H,24,28)(H,25,27)/t13-,14+,15+;13-,14-,15+/m00/s1. The van der Waals surface area contributed by atoms with E-state index in [1.165, 1.54) is 48.5 Å². The lowest BCUT2D eigenvalue weighted by atomic mass is 9.95. The Hall–Kier alpha value is -5.80. The number of sulfone groups is 2. The maximum absolute atomic E-state index is 13.3. The van der Waals surface area contributed by atoms with Gasteiger partial charge < -0.3 is 20.1 Å². The topological polar surface area (TPSA) is 284 Å². The minimum Gasteiger partial charge on any atom is -0.476 e. The number of benzene rings is 2. The molecule has 64 heavy (non-hydrogen) atoms. The molecule has 6 atom stereocenters. The van der Waals surface area contributed by atoms with Gasteiger partial charge in [-0.2, -0.15) is 10.5 Å². The number of hydrogen-bond donors (Lipinski definition) is 4. The summed E-state index contributed by atoms with van der Waals surface area (Å²) in [5, 5.41) is 34.9. The van der Waals surface area contributed by atoms with E-state index in [4.69, 9.17) is 32.7 Å². The Labute approximate surface area is 377 Å². The SMILES string of the molecule is N#CC1(NC(=O)[C@@H]2C[C@@H](S(=O)(=O)c3ccccc3Cl)C[C@H]2COc2ccc(=O)[nH]n2)CC1.N#CC1(NC(=O)[C@@H]2C[C@H](S(=O)(=O)c3ccccc3Cl)C[C@H]2COc2ccc(=O)[nH]n2)CC1. The second-order valence-corrected chi connectivity index (χ2v) is 21.6. The molecule has 0 spiro atoms. The van der Waals surface area contributed by atoms with Gasteiger partial charge in [0.15, 0.2) is 19.7 Å². The van der Waals surface area contributed by atoms with E-state index in [9.17, 15) is 46.5 Å². The first kappa shape index (κ1) is 46.2. The number of ether oxygens (including phenoxy) is 2. The third kappa shape index (κ3) is 10.4. The first-order chi connectivity index (χ1) is 30.5. The molecule has 4 saturated carbocycles. The van der Waals surface area contributed by atoms with Crippen LogP contribution in [0, 0.1) is 46.3 Å². The van der Waals surface area contributed by atoms with Crippen LogP contribution in [0.25, 0.3) is 0 Å². The van der Waals surface area contributed by atoms with Crippen LogP contribution in [0.4, 0.5) is 0 Å². The van der Waals surface area contributed by atoms with Crippen LogP contribution in [0.5, 0.6) is 11.8 Å². The van der Waals surface area contributed by atoms with Crippen LogP contribution in [-0.2, 0) is 29.3 Å². The lowest BCUT2D eigenvalue weighted by Crippen LogP contribution is -2.41. The number of carbonyl (C=O) groups excluding carboxylic acids is 2. The van der Waals surface area contributed by atoms with E-state index in [0.29, 0.717) is 25.7 Å². The van der Waals surface area contributed by atoms with Crippen molar-refractivity contribution in [1.29, 1.82) is 10.5 Å². The third-order valence-electron chi connectivity index (χ3n) is 12.0. The quantitative estimate of drug-likeness (QED) is 0.140. The number of amides is 2. The molecule has 0 saturated heterocycles. The summed E-state index contributed by atoms with van der Waals surface area (Å²) in [6.45, 7) is 0.0659. The van der Waals surface area contributed by atoms with Gasteiger partial charge in [-0.1, -0.05) is 47.5 Å². The molecule has 0 bridgehead atoms.